The summed E-state index contributed by atoms with van der Waals surface area (Å²) in [5.74, 6) is 0.540. The van der Waals surface area contributed by atoms with E-state index in [1.165, 1.54) is 33.3 Å². The number of allylic oxidation sites excluding steroid dienone is 1. The largest absolute Gasteiger partial charge is 0.358 e. The Labute approximate surface area is 138 Å². The van der Waals surface area contributed by atoms with Crippen LogP contribution in [0.2, 0.25) is 0 Å². The van der Waals surface area contributed by atoms with Gasteiger partial charge in [0.05, 0.1) is 0 Å². The van der Waals surface area contributed by atoms with Crippen LogP contribution in [0.5, 0.6) is 0 Å². The number of benzene rings is 2. The molecule has 1 aliphatic carbocycles. The molecule has 23 heavy (non-hydrogen) atoms. The third-order valence-corrected chi connectivity index (χ3v) is 5.24. The number of para-hydroxylation sites is 1. The fourth-order valence-corrected chi connectivity index (χ4v) is 4.04. The van der Waals surface area contributed by atoms with E-state index in [4.69, 9.17) is 0 Å². The molecule has 1 N–H and O–H groups in total. The van der Waals surface area contributed by atoms with Crippen molar-refractivity contribution < 1.29 is 0 Å². The van der Waals surface area contributed by atoms with Crippen molar-refractivity contribution >= 4 is 17.0 Å². The first-order valence-electron chi connectivity index (χ1n) is 8.63. The third kappa shape index (κ3) is 2.41. The van der Waals surface area contributed by atoms with Gasteiger partial charge in [-0.05, 0) is 43.4 Å². The second-order valence-corrected chi connectivity index (χ2v) is 6.60. The molecule has 0 aliphatic heterocycles. The van der Waals surface area contributed by atoms with Gasteiger partial charge >= 0.3 is 0 Å². The first-order chi connectivity index (χ1) is 11.3. The summed E-state index contributed by atoms with van der Waals surface area (Å²) in [6.07, 6.45) is 5.90. The Kier molecular flexibility index (Phi) is 3.57. The number of fused-ring (bicyclic) bond motifs is 3. The molecule has 1 unspecified atom stereocenters. The predicted molar refractivity (Wildman–Crippen MR) is 98.8 cm³/mol. The van der Waals surface area contributed by atoms with Gasteiger partial charge in [-0.25, -0.2) is 0 Å². The summed E-state index contributed by atoms with van der Waals surface area (Å²) in [6, 6.07) is 17.5. The van der Waals surface area contributed by atoms with Gasteiger partial charge in [0.25, 0.3) is 0 Å². The number of nitrogens with one attached hydrogen (secondary N) is 1. The number of aromatic amines is 1. The zero-order chi connectivity index (χ0) is 15.8. The van der Waals surface area contributed by atoms with Gasteiger partial charge in [-0.15, -0.1) is 0 Å². The molecule has 1 aliphatic rings. The van der Waals surface area contributed by atoms with Crippen molar-refractivity contribution in [2.75, 3.05) is 0 Å². The van der Waals surface area contributed by atoms with Crippen LogP contribution in [0.1, 0.15) is 48.1 Å². The molecule has 3 aromatic rings. The van der Waals surface area contributed by atoms with Crippen LogP contribution in [0.15, 0.2) is 54.1 Å². The van der Waals surface area contributed by atoms with Gasteiger partial charge in [-0.3, -0.25) is 0 Å². The molecule has 1 atom stereocenters. The van der Waals surface area contributed by atoms with Gasteiger partial charge in [0.2, 0.25) is 0 Å². The van der Waals surface area contributed by atoms with Gasteiger partial charge in [-0.1, -0.05) is 61.0 Å². The van der Waals surface area contributed by atoms with E-state index in [-0.39, 0.29) is 0 Å². The zero-order valence-electron chi connectivity index (χ0n) is 13.9. The van der Waals surface area contributed by atoms with Gasteiger partial charge < -0.3 is 4.98 Å². The predicted octanol–water partition coefficient (Wildman–Crippen LogP) is 6.00. The summed E-state index contributed by atoms with van der Waals surface area (Å²) in [4.78, 5) is 3.60. The van der Waals surface area contributed by atoms with E-state index in [0.29, 0.717) is 5.92 Å². The topological polar surface area (TPSA) is 15.8 Å². The number of hydrogen-bond acceptors (Lipinski definition) is 0. The molecule has 0 amide bonds. The minimum Gasteiger partial charge on any atom is -0.358 e. The average molecular weight is 301 g/mol. The molecular weight excluding hydrogens is 278 g/mol. The van der Waals surface area contributed by atoms with Crippen molar-refractivity contribution in [2.45, 2.75) is 39.0 Å². The fraction of sp³-hybridized carbons (Fsp3) is 0.273. The smallest absolute Gasteiger partial charge is 0.0462 e. The maximum Gasteiger partial charge on any atom is 0.0462 e. The lowest BCUT2D eigenvalue weighted by Crippen LogP contribution is -2.08. The molecular formula is C22H23N. The van der Waals surface area contributed by atoms with Gasteiger partial charge in [-0.2, -0.15) is 0 Å². The lowest BCUT2D eigenvalue weighted by atomic mass is 9.81. The van der Waals surface area contributed by atoms with Crippen LogP contribution < -0.4 is 0 Å². The van der Waals surface area contributed by atoms with E-state index in [9.17, 15) is 0 Å². The number of H-pyrrole nitrogens is 1. The fourth-order valence-electron chi connectivity index (χ4n) is 4.04. The molecule has 4 rings (SSSR count). The van der Waals surface area contributed by atoms with Crippen LogP contribution >= 0.6 is 0 Å². The molecule has 0 spiro atoms. The summed E-state index contributed by atoms with van der Waals surface area (Å²) in [6.45, 7) is 4.54. The van der Waals surface area contributed by atoms with Crippen molar-refractivity contribution in [3.05, 3.63) is 76.5 Å². The van der Waals surface area contributed by atoms with E-state index in [2.05, 4.69) is 73.4 Å². The third-order valence-electron chi connectivity index (χ3n) is 5.24. The Morgan fingerprint density at radius 3 is 2.61 bits per heavy atom. The van der Waals surface area contributed by atoms with Crippen LogP contribution in [0.25, 0.3) is 17.0 Å². The highest BCUT2D eigenvalue weighted by Gasteiger charge is 2.22. The SMILES string of the molecule is CCC(C1=Cc2c([nH]c3ccccc23)CC1)c1ccccc1C. The number of aromatic nitrogens is 1. The molecule has 0 radical (unpaired) electrons. The van der Waals surface area contributed by atoms with Crippen molar-refractivity contribution in [3.63, 3.8) is 0 Å². The highest BCUT2D eigenvalue weighted by Crippen LogP contribution is 2.39. The Morgan fingerprint density at radius 2 is 1.78 bits per heavy atom. The summed E-state index contributed by atoms with van der Waals surface area (Å²) >= 11 is 0. The maximum atomic E-state index is 3.60. The Bertz CT molecular complexity index is 882. The molecule has 1 aromatic heterocycles. The van der Waals surface area contributed by atoms with Crippen LogP contribution in [0.4, 0.5) is 0 Å². The number of rotatable bonds is 3. The highest BCUT2D eigenvalue weighted by molar-refractivity contribution is 5.91. The second-order valence-electron chi connectivity index (χ2n) is 6.60. The molecule has 116 valence electrons. The molecule has 1 heteroatoms. The molecule has 0 saturated carbocycles. The molecule has 0 bridgehead atoms. The Balaban J connectivity index is 1.82. The quantitative estimate of drug-likeness (QED) is 0.610. The van der Waals surface area contributed by atoms with Crippen LogP contribution in [0.3, 0.4) is 0 Å². The van der Waals surface area contributed by atoms with Crippen LogP contribution in [-0.4, -0.2) is 4.98 Å². The average Bonchev–Trinajstić information content (AvgIpc) is 2.95. The van der Waals surface area contributed by atoms with E-state index in [0.717, 1.165) is 19.3 Å². The number of aryl methyl sites for hydroxylation is 2. The summed E-state index contributed by atoms with van der Waals surface area (Å²) in [5, 5.41) is 1.36. The van der Waals surface area contributed by atoms with Crippen molar-refractivity contribution in [2.24, 2.45) is 0 Å². The lowest BCUT2D eigenvalue weighted by Gasteiger charge is -2.24. The van der Waals surface area contributed by atoms with Crippen LogP contribution in [0, 0.1) is 6.92 Å². The molecule has 1 heterocycles. The van der Waals surface area contributed by atoms with E-state index < -0.39 is 0 Å². The molecule has 0 saturated heterocycles. The molecule has 0 fully saturated rings. The van der Waals surface area contributed by atoms with Gasteiger partial charge in [0.15, 0.2) is 0 Å². The molecule has 1 nitrogen and oxygen atoms in total. The molecule has 2 aromatic carbocycles. The zero-order valence-corrected chi connectivity index (χ0v) is 13.9. The standard InChI is InChI=1S/C22H23N/c1-3-17(18-9-5-4-8-15(18)2)16-12-13-22-20(14-16)19-10-6-7-11-21(19)23-22/h4-11,14,17,23H,3,12-13H2,1-2H3. The maximum absolute atomic E-state index is 3.60. The Hall–Kier alpha value is -2.28. The normalized spacial score (nSPS) is 15.3. The number of hydrogen-bond donors (Lipinski definition) is 1. The summed E-state index contributed by atoms with van der Waals surface area (Å²) in [7, 11) is 0. The lowest BCUT2D eigenvalue weighted by molar-refractivity contribution is 0.704. The summed E-state index contributed by atoms with van der Waals surface area (Å²) < 4.78 is 0. The second kappa shape index (κ2) is 5.73. The monoisotopic (exact) mass is 301 g/mol. The van der Waals surface area contributed by atoms with Gasteiger partial charge in [0.1, 0.15) is 0 Å². The van der Waals surface area contributed by atoms with Crippen molar-refractivity contribution in [1.29, 1.82) is 0 Å². The first-order valence-corrected chi connectivity index (χ1v) is 8.63. The van der Waals surface area contributed by atoms with Crippen molar-refractivity contribution in [3.8, 4) is 0 Å². The van der Waals surface area contributed by atoms with E-state index >= 15 is 0 Å². The Morgan fingerprint density at radius 1 is 1.00 bits per heavy atom. The van der Waals surface area contributed by atoms with Crippen LogP contribution in [-0.2, 0) is 6.42 Å². The minimum atomic E-state index is 0.540. The van der Waals surface area contributed by atoms with Crippen molar-refractivity contribution in [1.82, 2.24) is 4.98 Å². The first kappa shape index (κ1) is 14.3. The minimum absolute atomic E-state index is 0.540. The van der Waals surface area contributed by atoms with E-state index in [1.54, 1.807) is 5.57 Å². The van der Waals surface area contributed by atoms with E-state index in [1.807, 2.05) is 0 Å². The summed E-state index contributed by atoms with van der Waals surface area (Å²) in [5.41, 5.74) is 8.55. The highest BCUT2D eigenvalue weighted by atomic mass is 14.7. The van der Waals surface area contributed by atoms with Gasteiger partial charge in [0, 0.05) is 28.1 Å².